The molecule has 1 aromatic carbocycles. The Morgan fingerprint density at radius 2 is 1.74 bits per heavy atom. The Kier molecular flexibility index (Phi) is 7.25. The number of hydrogen-bond acceptors (Lipinski definition) is 4. The first-order valence-corrected chi connectivity index (χ1v) is 7.01. The summed E-state index contributed by atoms with van der Waals surface area (Å²) >= 11 is 11.5. The Morgan fingerprint density at radius 3 is 2.17 bits per heavy atom. The second-order valence-electron chi connectivity index (χ2n) is 4.25. The van der Waals surface area contributed by atoms with E-state index in [4.69, 9.17) is 32.7 Å². The van der Waals surface area contributed by atoms with Crippen LogP contribution in [0.3, 0.4) is 0 Å². The molecular weight excluding hydrogens is 351 g/mol. The van der Waals surface area contributed by atoms with Crippen molar-refractivity contribution in [1.29, 1.82) is 0 Å². The number of anilines is 1. The molecule has 0 spiro atoms. The molecule has 23 heavy (non-hydrogen) atoms. The lowest BCUT2D eigenvalue weighted by Crippen LogP contribution is -2.09. The van der Waals surface area contributed by atoms with Gasteiger partial charge in [-0.3, -0.25) is 0 Å². The summed E-state index contributed by atoms with van der Waals surface area (Å²) in [6, 6.07) is 1.12. The highest BCUT2D eigenvalue weighted by Gasteiger charge is 2.20. The average Bonchev–Trinajstić information content (AvgIpc) is 2.54. The molecule has 0 aromatic heterocycles. The van der Waals surface area contributed by atoms with E-state index in [1.165, 1.54) is 14.2 Å². The summed E-state index contributed by atoms with van der Waals surface area (Å²) in [5.74, 6) is -2.08. The van der Waals surface area contributed by atoms with Crippen molar-refractivity contribution in [3.63, 3.8) is 0 Å². The first kappa shape index (κ1) is 19.2. The van der Waals surface area contributed by atoms with Gasteiger partial charge in [0.15, 0.2) is 23.1 Å². The molecule has 0 unspecified atom stereocenters. The molecule has 0 saturated carbocycles. The van der Waals surface area contributed by atoms with Gasteiger partial charge in [-0.1, -0.05) is 11.6 Å². The molecule has 0 bridgehead atoms. The maximum atomic E-state index is 14.2. The van der Waals surface area contributed by atoms with E-state index in [-0.39, 0.29) is 28.5 Å². The number of amidine groups is 1. The van der Waals surface area contributed by atoms with Crippen LogP contribution in [0.5, 0.6) is 11.5 Å². The maximum Gasteiger partial charge on any atom is 0.223 e. The van der Waals surface area contributed by atoms with Crippen LogP contribution in [0.1, 0.15) is 6.92 Å². The standard InChI is InChI=1S/C14H15Cl2F2N3O2/c1-7(13(15)21-14(16)19-2)6-20-12-10(17)8(22-3)5-9(23-4)11(12)18/h5,20H,2,6H2,1,3-4H3/b13-7+,21-14?. The smallest absolute Gasteiger partial charge is 0.223 e. The fourth-order valence-corrected chi connectivity index (χ4v) is 1.82. The Labute approximate surface area is 142 Å². The van der Waals surface area contributed by atoms with E-state index in [1.54, 1.807) is 6.92 Å². The van der Waals surface area contributed by atoms with Crippen molar-refractivity contribution < 1.29 is 18.3 Å². The molecule has 1 aromatic rings. The first-order valence-electron chi connectivity index (χ1n) is 6.25. The largest absolute Gasteiger partial charge is 0.493 e. The van der Waals surface area contributed by atoms with Crippen LogP contribution in [0.25, 0.3) is 0 Å². The second-order valence-corrected chi connectivity index (χ2v) is 4.94. The van der Waals surface area contributed by atoms with Crippen LogP contribution in [0.4, 0.5) is 14.5 Å². The normalized spacial score (nSPS) is 12.6. The molecule has 9 heteroatoms. The SMILES string of the molecule is C=NC(Cl)=N/C(Cl)=C(\C)CNc1c(F)c(OC)cc(OC)c1F. The zero-order valence-electron chi connectivity index (χ0n) is 12.7. The van der Waals surface area contributed by atoms with Gasteiger partial charge in [-0.15, -0.1) is 0 Å². The van der Waals surface area contributed by atoms with Crippen LogP contribution in [0.15, 0.2) is 26.8 Å². The minimum atomic E-state index is -0.885. The third-order valence-electron chi connectivity index (χ3n) is 2.78. The molecule has 0 aliphatic rings. The highest BCUT2D eigenvalue weighted by atomic mass is 35.5. The minimum absolute atomic E-state index is 0.00775. The number of nitrogens with zero attached hydrogens (tertiary/aromatic N) is 2. The summed E-state index contributed by atoms with van der Waals surface area (Å²) in [6.45, 7) is 4.81. The third-order valence-corrected chi connectivity index (χ3v) is 3.39. The predicted octanol–water partition coefficient (Wildman–Crippen LogP) is 4.16. The van der Waals surface area contributed by atoms with E-state index in [9.17, 15) is 8.78 Å². The minimum Gasteiger partial charge on any atom is -0.493 e. The molecule has 0 atom stereocenters. The number of halogens is 4. The van der Waals surface area contributed by atoms with Gasteiger partial charge in [-0.2, -0.15) is 0 Å². The van der Waals surface area contributed by atoms with Gasteiger partial charge in [-0.25, -0.2) is 18.8 Å². The van der Waals surface area contributed by atoms with Gasteiger partial charge in [-0.05, 0) is 30.8 Å². The molecule has 0 amide bonds. The van der Waals surface area contributed by atoms with Gasteiger partial charge < -0.3 is 14.8 Å². The van der Waals surface area contributed by atoms with Crippen LogP contribution in [-0.4, -0.2) is 32.8 Å². The molecule has 0 aliphatic carbocycles. The number of benzene rings is 1. The Bertz CT molecular complexity index is 636. The molecule has 5 nitrogen and oxygen atoms in total. The van der Waals surface area contributed by atoms with Gasteiger partial charge in [0.05, 0.1) is 14.2 Å². The van der Waals surface area contributed by atoms with E-state index in [1.807, 2.05) is 0 Å². The molecule has 0 heterocycles. The summed E-state index contributed by atoms with van der Waals surface area (Å²) in [7, 11) is 2.53. The molecule has 0 fully saturated rings. The van der Waals surface area contributed by atoms with Gasteiger partial charge in [0.1, 0.15) is 10.8 Å². The Balaban J connectivity index is 3.10. The second kappa shape index (κ2) is 8.69. The van der Waals surface area contributed by atoms with E-state index < -0.39 is 17.3 Å². The number of rotatable bonds is 6. The number of nitrogens with one attached hydrogen (secondary N) is 1. The van der Waals surface area contributed by atoms with Crippen molar-refractivity contribution in [1.82, 2.24) is 0 Å². The maximum absolute atomic E-state index is 14.2. The van der Waals surface area contributed by atoms with Gasteiger partial charge in [0.2, 0.25) is 5.29 Å². The summed E-state index contributed by atoms with van der Waals surface area (Å²) in [5.41, 5.74) is 0.0796. The molecule has 0 radical (unpaired) electrons. The fraction of sp³-hybridized carbons (Fsp3) is 0.286. The highest BCUT2D eigenvalue weighted by molar-refractivity contribution is 6.65. The highest BCUT2D eigenvalue weighted by Crippen LogP contribution is 2.34. The zero-order valence-corrected chi connectivity index (χ0v) is 14.2. The summed E-state index contributed by atoms with van der Waals surface area (Å²) in [4.78, 5) is 7.12. The molecule has 1 N–H and O–H groups in total. The molecule has 126 valence electrons. The van der Waals surface area contributed by atoms with Gasteiger partial charge in [0, 0.05) is 12.6 Å². The van der Waals surface area contributed by atoms with E-state index in [0.29, 0.717) is 5.57 Å². The summed E-state index contributed by atoms with van der Waals surface area (Å²) in [6.07, 6.45) is 0. The monoisotopic (exact) mass is 365 g/mol. The van der Waals surface area contributed by atoms with E-state index in [2.05, 4.69) is 22.0 Å². The third kappa shape index (κ3) is 4.80. The van der Waals surface area contributed by atoms with Crippen LogP contribution in [-0.2, 0) is 0 Å². The number of ether oxygens (including phenoxy) is 2. The van der Waals surface area contributed by atoms with Crippen molar-refractivity contribution >= 4 is 40.9 Å². The van der Waals surface area contributed by atoms with Crippen LogP contribution >= 0.6 is 23.2 Å². The predicted molar refractivity (Wildman–Crippen MR) is 89.3 cm³/mol. The lowest BCUT2D eigenvalue weighted by molar-refractivity contribution is 0.360. The van der Waals surface area contributed by atoms with E-state index >= 15 is 0 Å². The average molecular weight is 366 g/mol. The summed E-state index contributed by atoms with van der Waals surface area (Å²) in [5, 5.41) is 2.48. The summed E-state index contributed by atoms with van der Waals surface area (Å²) < 4.78 is 38.0. The van der Waals surface area contributed by atoms with Crippen LogP contribution in [0, 0.1) is 11.6 Å². The molecular formula is C14H15Cl2F2N3O2. The van der Waals surface area contributed by atoms with Crippen molar-refractivity contribution in [2.24, 2.45) is 9.98 Å². The van der Waals surface area contributed by atoms with Gasteiger partial charge >= 0.3 is 0 Å². The number of hydrogen-bond donors (Lipinski definition) is 1. The van der Waals surface area contributed by atoms with E-state index in [0.717, 1.165) is 6.07 Å². The van der Waals surface area contributed by atoms with Crippen molar-refractivity contribution in [2.75, 3.05) is 26.1 Å². The topological polar surface area (TPSA) is 55.2 Å². The zero-order chi connectivity index (χ0) is 17.6. The van der Waals surface area contributed by atoms with Crippen LogP contribution < -0.4 is 14.8 Å². The quantitative estimate of drug-likeness (QED) is 0.467. The van der Waals surface area contributed by atoms with Crippen molar-refractivity contribution in [3.05, 3.63) is 28.4 Å². The Hall–Kier alpha value is -1.86. The molecule has 0 aliphatic heterocycles. The number of aliphatic imine (C=N–C) groups is 2. The fourth-order valence-electron chi connectivity index (χ4n) is 1.55. The molecule has 0 saturated heterocycles. The number of methoxy groups -OCH3 is 2. The molecule has 1 rings (SSSR count). The van der Waals surface area contributed by atoms with Crippen LogP contribution in [0.2, 0.25) is 0 Å². The van der Waals surface area contributed by atoms with Crippen molar-refractivity contribution in [2.45, 2.75) is 6.92 Å². The Morgan fingerprint density at radius 1 is 1.22 bits per heavy atom. The first-order chi connectivity index (χ1) is 10.8. The lowest BCUT2D eigenvalue weighted by Gasteiger charge is -2.14. The van der Waals surface area contributed by atoms with Crippen molar-refractivity contribution in [3.8, 4) is 11.5 Å². The lowest BCUT2D eigenvalue weighted by atomic mass is 10.2. The van der Waals surface area contributed by atoms with Gasteiger partial charge in [0.25, 0.3) is 0 Å².